The molecule has 0 amide bonds. The summed E-state index contributed by atoms with van der Waals surface area (Å²) in [5, 5.41) is 14.2. The van der Waals surface area contributed by atoms with Crippen molar-refractivity contribution in [2.45, 2.75) is 19.9 Å². The highest BCUT2D eigenvalue weighted by Gasteiger charge is 2.33. The van der Waals surface area contributed by atoms with E-state index in [0.29, 0.717) is 11.3 Å². The van der Waals surface area contributed by atoms with Crippen molar-refractivity contribution in [1.82, 2.24) is 4.57 Å². The molecule has 7 aromatic rings. The number of nitriles is 1. The largest absolute Gasteiger partial charge is 0.456 e. The van der Waals surface area contributed by atoms with E-state index in [4.69, 9.17) is 11.0 Å². The minimum absolute atomic E-state index is 0.137. The zero-order chi connectivity index (χ0) is 27.1. The van der Waals surface area contributed by atoms with Crippen LogP contribution in [0.25, 0.3) is 65.4 Å². The van der Waals surface area contributed by atoms with E-state index in [1.54, 1.807) is 0 Å². The Morgan fingerprint density at radius 3 is 2.38 bits per heavy atom. The van der Waals surface area contributed by atoms with Crippen LogP contribution in [0.4, 0.5) is 17.1 Å². The summed E-state index contributed by atoms with van der Waals surface area (Å²) >= 11 is 0. The number of hydrogen-bond donors (Lipinski definition) is 0. The van der Waals surface area contributed by atoms with Crippen LogP contribution >= 0.6 is 0 Å². The molecule has 0 unspecified atom stereocenters. The molecule has 0 saturated heterocycles. The first kappa shape index (κ1) is 22.5. The lowest BCUT2D eigenvalue weighted by molar-refractivity contribution is 0.669. The summed E-state index contributed by atoms with van der Waals surface area (Å²) in [7, 11) is 0. The molecular formula is C35H22N4O. The second-order valence-electron chi connectivity index (χ2n) is 10.6. The van der Waals surface area contributed by atoms with Gasteiger partial charge in [0.1, 0.15) is 11.2 Å². The summed E-state index contributed by atoms with van der Waals surface area (Å²) in [6.07, 6.45) is 0. The second kappa shape index (κ2) is 7.99. The Kier molecular flexibility index (Phi) is 4.49. The average Bonchev–Trinajstić information content (AvgIpc) is 3.52. The smallest absolute Gasteiger partial charge is 0.187 e. The van der Waals surface area contributed by atoms with Gasteiger partial charge in [0.05, 0.1) is 51.7 Å². The van der Waals surface area contributed by atoms with Gasteiger partial charge >= 0.3 is 0 Å². The van der Waals surface area contributed by atoms with Gasteiger partial charge < -0.3 is 13.9 Å². The molecule has 5 aromatic carbocycles. The van der Waals surface area contributed by atoms with Crippen LogP contribution in [0.5, 0.6) is 0 Å². The predicted octanol–water partition coefficient (Wildman–Crippen LogP) is 9.63. The van der Waals surface area contributed by atoms with Gasteiger partial charge in [0, 0.05) is 22.2 Å². The first-order chi connectivity index (χ1) is 19.6. The molecular weight excluding hydrogens is 492 g/mol. The van der Waals surface area contributed by atoms with E-state index >= 15 is 0 Å². The van der Waals surface area contributed by atoms with Gasteiger partial charge in [-0.25, -0.2) is 4.85 Å². The van der Waals surface area contributed by atoms with Crippen molar-refractivity contribution < 1.29 is 4.42 Å². The van der Waals surface area contributed by atoms with Crippen molar-refractivity contribution in [3.8, 4) is 22.9 Å². The highest BCUT2D eigenvalue weighted by Crippen LogP contribution is 2.52. The lowest BCUT2D eigenvalue weighted by Gasteiger charge is -2.36. The molecule has 3 heterocycles. The third-order valence-electron chi connectivity index (χ3n) is 8.06. The lowest BCUT2D eigenvalue weighted by Crippen LogP contribution is -2.29. The predicted molar refractivity (Wildman–Crippen MR) is 162 cm³/mol. The molecule has 40 heavy (non-hydrogen) atoms. The molecule has 0 fully saturated rings. The number of benzene rings is 5. The van der Waals surface area contributed by atoms with Gasteiger partial charge in [-0.15, -0.1) is 0 Å². The minimum atomic E-state index is 0.137. The Labute approximate surface area is 230 Å². The van der Waals surface area contributed by atoms with Crippen LogP contribution < -0.4 is 4.90 Å². The number of nitrogens with zero attached hydrogens (tertiary/aromatic N) is 4. The van der Waals surface area contributed by atoms with Gasteiger partial charge in [-0.1, -0.05) is 48.5 Å². The molecule has 8 rings (SSSR count). The Hall–Kier alpha value is -5.52. The summed E-state index contributed by atoms with van der Waals surface area (Å²) < 4.78 is 8.82. The van der Waals surface area contributed by atoms with Gasteiger partial charge in [0.2, 0.25) is 0 Å². The molecule has 0 radical (unpaired) electrons. The van der Waals surface area contributed by atoms with Gasteiger partial charge in [-0.3, -0.25) is 0 Å². The molecule has 5 heteroatoms. The highest BCUT2D eigenvalue weighted by atomic mass is 16.3. The molecule has 0 atom stereocenters. The third-order valence-corrected chi connectivity index (χ3v) is 8.06. The van der Waals surface area contributed by atoms with E-state index in [1.165, 1.54) is 0 Å². The maximum absolute atomic E-state index is 9.79. The first-order valence-corrected chi connectivity index (χ1v) is 13.3. The van der Waals surface area contributed by atoms with Gasteiger partial charge in [0.15, 0.2) is 5.69 Å². The number of rotatable bonds is 2. The molecule has 5 nitrogen and oxygen atoms in total. The molecule has 0 spiro atoms. The summed E-state index contributed by atoms with van der Waals surface area (Å²) in [6.45, 7) is 11.7. The summed E-state index contributed by atoms with van der Waals surface area (Å²) in [4.78, 5) is 5.91. The topological polar surface area (TPSA) is 49.5 Å². The number of fused-ring (bicyclic) bond motifs is 9. The Balaban J connectivity index is 1.56. The standard InChI is InChI=1S/C35H22N4O/c1-20(2)38-30-16-21(19-36)8-14-29(30)39-28-15-11-23(22-9-12-24(37-3)13-10-22)17-26(28)27-18-32-33(35(38)34(27)39)25-6-4-5-7-31(25)40-32/h4-18,20H,1-2H3. The molecule has 2 aromatic heterocycles. The van der Waals surface area contributed by atoms with E-state index in [9.17, 15) is 5.26 Å². The number of hydrogen-bond acceptors (Lipinski definition) is 3. The van der Waals surface area contributed by atoms with Crippen LogP contribution in [0, 0.1) is 17.9 Å². The van der Waals surface area contributed by atoms with Crippen LogP contribution in [0.15, 0.2) is 95.4 Å². The maximum atomic E-state index is 9.79. The van der Waals surface area contributed by atoms with Crippen LogP contribution in [0.2, 0.25) is 0 Å². The Bertz CT molecular complexity index is 2270. The number of aromatic nitrogens is 1. The van der Waals surface area contributed by atoms with Crippen molar-refractivity contribution in [2.75, 3.05) is 4.90 Å². The Morgan fingerprint density at radius 1 is 0.800 bits per heavy atom. The quantitative estimate of drug-likeness (QED) is 0.216. The minimum Gasteiger partial charge on any atom is -0.456 e. The molecule has 0 bridgehead atoms. The van der Waals surface area contributed by atoms with Gasteiger partial charge in [0.25, 0.3) is 0 Å². The van der Waals surface area contributed by atoms with E-state index in [1.807, 2.05) is 48.5 Å². The van der Waals surface area contributed by atoms with E-state index in [0.717, 1.165) is 71.9 Å². The molecule has 1 aliphatic heterocycles. The molecule has 0 aliphatic carbocycles. The summed E-state index contributed by atoms with van der Waals surface area (Å²) in [6, 6.07) is 33.2. The number of furan rings is 1. The van der Waals surface area contributed by atoms with Crippen molar-refractivity contribution in [3.05, 3.63) is 108 Å². The third kappa shape index (κ3) is 2.89. The van der Waals surface area contributed by atoms with Crippen molar-refractivity contribution in [2.24, 2.45) is 0 Å². The van der Waals surface area contributed by atoms with E-state index in [2.05, 4.69) is 76.7 Å². The Morgan fingerprint density at radius 2 is 1.60 bits per heavy atom. The van der Waals surface area contributed by atoms with Gasteiger partial charge in [-0.05, 0) is 67.4 Å². The monoisotopic (exact) mass is 514 g/mol. The number of para-hydroxylation sites is 1. The van der Waals surface area contributed by atoms with Crippen LogP contribution in [-0.2, 0) is 0 Å². The van der Waals surface area contributed by atoms with Crippen molar-refractivity contribution >= 4 is 60.8 Å². The fourth-order valence-corrected chi connectivity index (χ4v) is 6.38. The van der Waals surface area contributed by atoms with Crippen LogP contribution in [0.1, 0.15) is 19.4 Å². The lowest BCUT2D eigenvalue weighted by atomic mass is 10.00. The van der Waals surface area contributed by atoms with Gasteiger partial charge in [-0.2, -0.15) is 5.26 Å². The zero-order valence-corrected chi connectivity index (χ0v) is 21.9. The van der Waals surface area contributed by atoms with Crippen LogP contribution in [-0.4, -0.2) is 10.6 Å². The SMILES string of the molecule is [C-]#[N+]c1ccc(-c2ccc3c(c2)c2cc4oc5ccccc5c4c4c2n3-c2ccc(C#N)cc2N4C(C)C)cc1. The first-order valence-electron chi connectivity index (χ1n) is 13.3. The van der Waals surface area contributed by atoms with E-state index in [-0.39, 0.29) is 6.04 Å². The summed E-state index contributed by atoms with van der Waals surface area (Å²) in [5.41, 5.74) is 10.5. The normalized spacial score (nSPS) is 12.4. The van der Waals surface area contributed by atoms with Crippen molar-refractivity contribution in [1.29, 1.82) is 5.26 Å². The molecule has 1 aliphatic rings. The molecule has 188 valence electrons. The number of anilines is 2. The second-order valence-corrected chi connectivity index (χ2v) is 10.6. The molecule has 0 N–H and O–H groups in total. The highest BCUT2D eigenvalue weighted by molar-refractivity contribution is 6.27. The van der Waals surface area contributed by atoms with E-state index < -0.39 is 0 Å². The molecule has 0 saturated carbocycles. The average molecular weight is 515 g/mol. The van der Waals surface area contributed by atoms with Crippen molar-refractivity contribution in [3.63, 3.8) is 0 Å². The summed E-state index contributed by atoms with van der Waals surface area (Å²) in [5.74, 6) is 0. The zero-order valence-electron chi connectivity index (χ0n) is 21.9. The van der Waals surface area contributed by atoms with Crippen LogP contribution in [0.3, 0.4) is 0 Å². The maximum Gasteiger partial charge on any atom is 0.187 e. The fourth-order valence-electron chi connectivity index (χ4n) is 6.38. The fraction of sp³-hybridized carbons (Fsp3) is 0.0857.